The Balaban J connectivity index is 2.39. The molecular formula is C18H28BNO4. The predicted octanol–water partition coefficient (Wildman–Crippen LogP) is 2.98. The highest BCUT2D eigenvalue weighted by Gasteiger charge is 2.52. The van der Waals surface area contributed by atoms with Crippen LogP contribution in [-0.4, -0.2) is 31.3 Å². The fourth-order valence-electron chi connectivity index (χ4n) is 2.26. The van der Waals surface area contributed by atoms with Crippen molar-refractivity contribution >= 4 is 24.2 Å². The molecule has 6 heteroatoms. The smallest absolute Gasteiger partial charge is 0.497 e. The molecule has 0 saturated carbocycles. The molecule has 1 aliphatic rings. The molecular weight excluding hydrogens is 305 g/mol. The molecule has 1 aromatic rings. The molecule has 1 fully saturated rings. The summed E-state index contributed by atoms with van der Waals surface area (Å²) in [6.45, 7) is 13.6. The highest BCUT2D eigenvalue weighted by atomic mass is 16.7. The number of methoxy groups -OCH3 is 1. The molecule has 1 saturated heterocycles. The lowest BCUT2D eigenvalue weighted by Crippen LogP contribution is -2.41. The molecule has 1 heterocycles. The minimum atomic E-state index is -0.569. The van der Waals surface area contributed by atoms with Crippen LogP contribution < -0.4 is 15.5 Å². The molecule has 0 atom stereocenters. The Morgan fingerprint density at radius 1 is 1.12 bits per heavy atom. The minimum absolute atomic E-state index is 0.0644. The van der Waals surface area contributed by atoms with Crippen molar-refractivity contribution < 1.29 is 18.8 Å². The summed E-state index contributed by atoms with van der Waals surface area (Å²) in [6, 6.07) is 5.48. The number of hydrogen-bond acceptors (Lipinski definition) is 4. The van der Waals surface area contributed by atoms with Gasteiger partial charge in [0.2, 0.25) is 5.91 Å². The van der Waals surface area contributed by atoms with E-state index >= 15 is 0 Å². The van der Waals surface area contributed by atoms with Gasteiger partial charge in [0, 0.05) is 16.6 Å². The molecule has 0 bridgehead atoms. The maximum atomic E-state index is 12.4. The fraction of sp³-hybridized carbons (Fsp3) is 0.611. The first-order chi connectivity index (χ1) is 10.9. The number of anilines is 1. The highest BCUT2D eigenvalue weighted by Crippen LogP contribution is 2.37. The molecule has 0 unspecified atom stereocenters. The van der Waals surface area contributed by atoms with Crippen molar-refractivity contribution in [3.8, 4) is 5.75 Å². The standard InChI is InChI=1S/C18H28BNO4/c1-16(2,3)15(21)20-14-10-9-12(22-8)11-13(14)19-23-17(4,5)18(6,7)24-19/h9-11H,1-8H3,(H,20,21). The summed E-state index contributed by atoms with van der Waals surface area (Å²) in [5.41, 5.74) is 0.0328. The summed E-state index contributed by atoms with van der Waals surface area (Å²) in [6.07, 6.45) is 0. The van der Waals surface area contributed by atoms with Gasteiger partial charge in [0.25, 0.3) is 0 Å². The lowest BCUT2D eigenvalue weighted by molar-refractivity contribution is -0.123. The van der Waals surface area contributed by atoms with Gasteiger partial charge < -0.3 is 19.4 Å². The van der Waals surface area contributed by atoms with Gasteiger partial charge in [-0.1, -0.05) is 20.8 Å². The highest BCUT2D eigenvalue weighted by molar-refractivity contribution is 6.64. The van der Waals surface area contributed by atoms with Crippen molar-refractivity contribution in [2.45, 2.75) is 59.7 Å². The SMILES string of the molecule is COc1ccc(NC(=O)C(C)(C)C)c(B2OC(C)(C)C(C)(C)O2)c1. The van der Waals surface area contributed by atoms with Crippen LogP contribution in [0.2, 0.25) is 0 Å². The van der Waals surface area contributed by atoms with Crippen molar-refractivity contribution in [3.05, 3.63) is 18.2 Å². The van der Waals surface area contributed by atoms with Gasteiger partial charge in [0.1, 0.15) is 5.75 Å². The van der Waals surface area contributed by atoms with E-state index < -0.39 is 23.7 Å². The van der Waals surface area contributed by atoms with Crippen LogP contribution in [0.15, 0.2) is 18.2 Å². The van der Waals surface area contributed by atoms with E-state index in [4.69, 9.17) is 14.0 Å². The summed E-state index contributed by atoms with van der Waals surface area (Å²) in [5.74, 6) is 0.624. The van der Waals surface area contributed by atoms with Gasteiger partial charge in [-0.2, -0.15) is 0 Å². The van der Waals surface area contributed by atoms with Gasteiger partial charge in [-0.3, -0.25) is 4.79 Å². The minimum Gasteiger partial charge on any atom is -0.497 e. The summed E-state index contributed by atoms with van der Waals surface area (Å²) in [5, 5.41) is 2.98. The molecule has 0 aliphatic carbocycles. The Hall–Kier alpha value is -1.53. The van der Waals surface area contributed by atoms with Gasteiger partial charge in [-0.25, -0.2) is 0 Å². The average Bonchev–Trinajstić information content (AvgIpc) is 2.66. The predicted molar refractivity (Wildman–Crippen MR) is 96.8 cm³/mol. The topological polar surface area (TPSA) is 56.8 Å². The molecule has 1 N–H and O–H groups in total. The monoisotopic (exact) mass is 333 g/mol. The van der Waals surface area contributed by atoms with E-state index in [1.807, 2.05) is 66.7 Å². The number of hydrogen-bond donors (Lipinski definition) is 1. The first-order valence-electron chi connectivity index (χ1n) is 8.22. The van der Waals surface area contributed by atoms with Crippen molar-refractivity contribution in [1.29, 1.82) is 0 Å². The van der Waals surface area contributed by atoms with Crippen molar-refractivity contribution in [2.24, 2.45) is 5.41 Å². The zero-order valence-corrected chi connectivity index (χ0v) is 15.9. The molecule has 1 amide bonds. The van der Waals surface area contributed by atoms with Crippen LogP contribution in [0.25, 0.3) is 0 Å². The molecule has 0 spiro atoms. The van der Waals surface area contributed by atoms with E-state index in [0.29, 0.717) is 11.4 Å². The van der Waals surface area contributed by atoms with Crippen LogP contribution in [0.3, 0.4) is 0 Å². The number of amides is 1. The largest absolute Gasteiger partial charge is 0.497 e. The summed E-state index contributed by atoms with van der Waals surface area (Å²) < 4.78 is 17.6. The normalized spacial score (nSPS) is 19.2. The van der Waals surface area contributed by atoms with Crippen LogP contribution in [0, 0.1) is 5.41 Å². The third-order valence-electron chi connectivity index (χ3n) is 4.70. The maximum Gasteiger partial charge on any atom is 0.497 e. The Morgan fingerprint density at radius 3 is 2.12 bits per heavy atom. The van der Waals surface area contributed by atoms with Gasteiger partial charge in [-0.05, 0) is 45.9 Å². The van der Waals surface area contributed by atoms with E-state index in [-0.39, 0.29) is 5.91 Å². The number of carbonyl (C=O) groups excluding carboxylic acids is 1. The quantitative estimate of drug-likeness (QED) is 0.864. The third kappa shape index (κ3) is 3.60. The second-order valence-corrected chi connectivity index (χ2v) is 8.25. The van der Waals surface area contributed by atoms with Gasteiger partial charge in [0.15, 0.2) is 0 Å². The lowest BCUT2D eigenvalue weighted by atomic mass is 9.77. The van der Waals surface area contributed by atoms with E-state index in [2.05, 4.69) is 5.32 Å². The van der Waals surface area contributed by atoms with Crippen LogP contribution in [0.4, 0.5) is 5.69 Å². The maximum absolute atomic E-state index is 12.4. The second kappa shape index (κ2) is 6.08. The Bertz CT molecular complexity index is 618. The molecule has 1 aliphatic heterocycles. The van der Waals surface area contributed by atoms with E-state index in [9.17, 15) is 4.79 Å². The summed E-state index contributed by atoms with van der Waals surface area (Å²) in [4.78, 5) is 12.4. The van der Waals surface area contributed by atoms with Crippen molar-refractivity contribution in [3.63, 3.8) is 0 Å². The fourth-order valence-corrected chi connectivity index (χ4v) is 2.26. The van der Waals surface area contributed by atoms with Crippen molar-refractivity contribution in [2.75, 3.05) is 12.4 Å². The first-order valence-corrected chi connectivity index (χ1v) is 8.22. The molecule has 132 valence electrons. The molecule has 0 radical (unpaired) electrons. The van der Waals surface area contributed by atoms with Crippen LogP contribution in [0.1, 0.15) is 48.5 Å². The Kier molecular flexibility index (Phi) is 4.77. The summed E-state index contributed by atoms with van der Waals surface area (Å²) in [7, 11) is 1.04. The molecule has 24 heavy (non-hydrogen) atoms. The first kappa shape index (κ1) is 18.8. The van der Waals surface area contributed by atoms with Crippen LogP contribution in [0.5, 0.6) is 5.75 Å². The molecule has 1 aromatic carbocycles. The lowest BCUT2D eigenvalue weighted by Gasteiger charge is -2.32. The van der Waals surface area contributed by atoms with Crippen LogP contribution >= 0.6 is 0 Å². The number of ether oxygens (including phenoxy) is 1. The van der Waals surface area contributed by atoms with E-state index in [1.54, 1.807) is 7.11 Å². The van der Waals surface area contributed by atoms with Crippen molar-refractivity contribution in [1.82, 2.24) is 0 Å². The van der Waals surface area contributed by atoms with E-state index in [0.717, 1.165) is 5.46 Å². The zero-order valence-electron chi connectivity index (χ0n) is 15.9. The second-order valence-electron chi connectivity index (χ2n) is 8.25. The molecule has 0 aromatic heterocycles. The zero-order chi connectivity index (χ0) is 18.3. The number of nitrogens with one attached hydrogen (secondary N) is 1. The Morgan fingerprint density at radius 2 is 1.67 bits per heavy atom. The molecule has 5 nitrogen and oxygen atoms in total. The number of rotatable bonds is 3. The van der Waals surface area contributed by atoms with Gasteiger partial charge in [-0.15, -0.1) is 0 Å². The van der Waals surface area contributed by atoms with Crippen LogP contribution in [-0.2, 0) is 14.1 Å². The van der Waals surface area contributed by atoms with E-state index in [1.165, 1.54) is 0 Å². The Labute approximate surface area is 145 Å². The average molecular weight is 333 g/mol. The molecule has 2 rings (SSSR count). The third-order valence-corrected chi connectivity index (χ3v) is 4.70. The van der Waals surface area contributed by atoms with Gasteiger partial charge >= 0.3 is 7.12 Å². The summed E-state index contributed by atoms with van der Waals surface area (Å²) >= 11 is 0. The number of benzene rings is 1. The number of carbonyl (C=O) groups is 1. The van der Waals surface area contributed by atoms with Gasteiger partial charge in [0.05, 0.1) is 18.3 Å².